The van der Waals surface area contributed by atoms with Crippen molar-refractivity contribution in [2.24, 2.45) is 0 Å². The third-order valence-corrected chi connectivity index (χ3v) is 3.03. The van der Waals surface area contributed by atoms with Gasteiger partial charge in [0.05, 0.1) is 12.1 Å². The lowest BCUT2D eigenvalue weighted by Crippen LogP contribution is -2.53. The van der Waals surface area contributed by atoms with Crippen molar-refractivity contribution in [2.45, 2.75) is 12.5 Å². The van der Waals surface area contributed by atoms with Crippen molar-refractivity contribution in [1.82, 2.24) is 0 Å². The van der Waals surface area contributed by atoms with Gasteiger partial charge in [0.2, 0.25) is 0 Å². The number of ether oxygens (including phenoxy) is 1. The third-order valence-electron chi connectivity index (χ3n) is 2.73. The number of halogens is 2. The van der Waals surface area contributed by atoms with Crippen LogP contribution in [0.15, 0.2) is 18.2 Å². The van der Waals surface area contributed by atoms with Gasteiger partial charge in [0, 0.05) is 12.2 Å². The van der Waals surface area contributed by atoms with Gasteiger partial charge in [-0.1, -0.05) is 11.6 Å². The Morgan fingerprint density at radius 3 is 2.88 bits per heavy atom. The van der Waals surface area contributed by atoms with Crippen molar-refractivity contribution < 1.29 is 13.9 Å². The maximum atomic E-state index is 13.2. The molecule has 3 nitrogen and oxygen atoms in total. The number of benzene rings is 1. The maximum absolute atomic E-state index is 13.2. The Kier molecular flexibility index (Phi) is 3.01. The lowest BCUT2D eigenvalue weighted by Gasteiger charge is -2.40. The second-order valence-corrected chi connectivity index (χ2v) is 4.03. The van der Waals surface area contributed by atoms with Crippen LogP contribution in [0.4, 0.5) is 10.1 Å². The van der Waals surface area contributed by atoms with Crippen LogP contribution in [-0.2, 0) is 9.53 Å². The zero-order valence-corrected chi connectivity index (χ0v) is 9.50. The van der Waals surface area contributed by atoms with Gasteiger partial charge in [0.25, 0.3) is 0 Å². The average molecular weight is 244 g/mol. The van der Waals surface area contributed by atoms with Crippen LogP contribution in [0, 0.1) is 5.82 Å². The molecule has 1 unspecified atom stereocenters. The lowest BCUT2D eigenvalue weighted by atomic mass is 10.0. The molecule has 1 aliphatic heterocycles. The van der Waals surface area contributed by atoms with Crippen LogP contribution in [0.2, 0.25) is 5.02 Å². The van der Waals surface area contributed by atoms with E-state index in [1.54, 1.807) is 11.0 Å². The summed E-state index contributed by atoms with van der Waals surface area (Å²) in [6.07, 6.45) is 0.733. The highest BCUT2D eigenvalue weighted by molar-refractivity contribution is 6.30. The van der Waals surface area contributed by atoms with E-state index in [1.807, 2.05) is 0 Å². The van der Waals surface area contributed by atoms with E-state index < -0.39 is 5.82 Å². The van der Waals surface area contributed by atoms with Crippen molar-refractivity contribution >= 4 is 23.3 Å². The molecule has 0 bridgehead atoms. The molecule has 0 saturated carbocycles. The molecule has 2 rings (SSSR count). The first-order chi connectivity index (χ1) is 7.63. The molecule has 1 aliphatic rings. The number of carbonyl (C=O) groups excluding carboxylic acids is 1. The van der Waals surface area contributed by atoms with Crippen LogP contribution in [0.1, 0.15) is 6.42 Å². The van der Waals surface area contributed by atoms with Gasteiger partial charge in [0.15, 0.2) is 0 Å². The van der Waals surface area contributed by atoms with E-state index in [9.17, 15) is 9.18 Å². The summed E-state index contributed by atoms with van der Waals surface area (Å²) in [6.45, 7) is 0.723. The smallest absolute Gasteiger partial charge is 0.328 e. The summed E-state index contributed by atoms with van der Waals surface area (Å²) in [7, 11) is 1.35. The fourth-order valence-electron chi connectivity index (χ4n) is 1.74. The zero-order valence-electron chi connectivity index (χ0n) is 8.74. The standard InChI is InChI=1S/C11H11ClFNO2/c1-16-11(15)10-4-5-14(10)7-2-3-8(12)9(13)6-7/h2-3,6,10H,4-5H2,1H3. The quantitative estimate of drug-likeness (QED) is 0.746. The van der Waals surface area contributed by atoms with Crippen molar-refractivity contribution in [3.05, 3.63) is 29.0 Å². The van der Waals surface area contributed by atoms with Crippen LogP contribution in [-0.4, -0.2) is 25.7 Å². The predicted molar refractivity (Wildman–Crippen MR) is 59.2 cm³/mol. The molecule has 1 aromatic carbocycles. The largest absolute Gasteiger partial charge is 0.467 e. The number of esters is 1. The van der Waals surface area contributed by atoms with E-state index >= 15 is 0 Å². The molecule has 0 aromatic heterocycles. The molecule has 1 saturated heterocycles. The van der Waals surface area contributed by atoms with E-state index in [-0.39, 0.29) is 17.0 Å². The molecule has 16 heavy (non-hydrogen) atoms. The number of carbonyl (C=O) groups is 1. The van der Waals surface area contributed by atoms with Crippen LogP contribution < -0.4 is 4.90 Å². The van der Waals surface area contributed by atoms with Gasteiger partial charge in [-0.2, -0.15) is 0 Å². The van der Waals surface area contributed by atoms with Crippen molar-refractivity contribution in [2.75, 3.05) is 18.6 Å². The Morgan fingerprint density at radius 1 is 1.62 bits per heavy atom. The van der Waals surface area contributed by atoms with Crippen LogP contribution in [0.3, 0.4) is 0 Å². The highest BCUT2D eigenvalue weighted by Crippen LogP contribution is 2.29. The summed E-state index contributed by atoms with van der Waals surface area (Å²) in [4.78, 5) is 13.1. The van der Waals surface area contributed by atoms with Gasteiger partial charge in [0.1, 0.15) is 11.9 Å². The minimum atomic E-state index is -0.477. The normalized spacial score (nSPS) is 19.2. The van der Waals surface area contributed by atoms with Crippen molar-refractivity contribution in [3.63, 3.8) is 0 Å². The molecule has 1 fully saturated rings. The number of hydrogen-bond acceptors (Lipinski definition) is 3. The van der Waals surface area contributed by atoms with E-state index in [4.69, 9.17) is 11.6 Å². The molecule has 1 aromatic rings. The summed E-state index contributed by atoms with van der Waals surface area (Å²) >= 11 is 5.59. The van der Waals surface area contributed by atoms with Gasteiger partial charge < -0.3 is 9.64 Å². The Morgan fingerprint density at radius 2 is 2.38 bits per heavy atom. The summed E-state index contributed by atoms with van der Waals surface area (Å²) in [5.41, 5.74) is 0.656. The van der Waals surface area contributed by atoms with Gasteiger partial charge in [-0.25, -0.2) is 9.18 Å². The second-order valence-electron chi connectivity index (χ2n) is 3.62. The summed E-state index contributed by atoms with van der Waals surface area (Å²) < 4.78 is 17.9. The molecule has 5 heteroatoms. The minimum absolute atomic E-state index is 0.0823. The number of hydrogen-bond donors (Lipinski definition) is 0. The first-order valence-corrected chi connectivity index (χ1v) is 5.31. The van der Waals surface area contributed by atoms with E-state index in [0.29, 0.717) is 5.69 Å². The Hall–Kier alpha value is -1.29. The molecule has 0 amide bonds. The number of anilines is 1. The monoisotopic (exact) mass is 243 g/mol. The Bertz CT molecular complexity index is 424. The van der Waals surface area contributed by atoms with Gasteiger partial charge in [-0.15, -0.1) is 0 Å². The number of rotatable bonds is 2. The third kappa shape index (κ3) is 1.85. The van der Waals surface area contributed by atoms with Crippen molar-refractivity contribution in [1.29, 1.82) is 0 Å². The highest BCUT2D eigenvalue weighted by atomic mass is 35.5. The minimum Gasteiger partial charge on any atom is -0.467 e. The summed E-state index contributed by atoms with van der Waals surface area (Å²) in [6, 6.07) is 4.21. The molecule has 0 N–H and O–H groups in total. The summed E-state index contributed by atoms with van der Waals surface area (Å²) in [5.74, 6) is -0.767. The average Bonchev–Trinajstić information content (AvgIpc) is 2.21. The zero-order chi connectivity index (χ0) is 11.7. The van der Waals surface area contributed by atoms with Gasteiger partial charge in [-0.05, 0) is 24.6 Å². The molecule has 0 radical (unpaired) electrons. The predicted octanol–water partition coefficient (Wildman–Crippen LogP) is 2.23. The van der Waals surface area contributed by atoms with Crippen LogP contribution in [0.5, 0.6) is 0 Å². The van der Waals surface area contributed by atoms with Crippen molar-refractivity contribution in [3.8, 4) is 0 Å². The van der Waals surface area contributed by atoms with Gasteiger partial charge in [-0.3, -0.25) is 0 Å². The second kappa shape index (κ2) is 4.29. The fourth-order valence-corrected chi connectivity index (χ4v) is 1.86. The number of methoxy groups -OCH3 is 1. The topological polar surface area (TPSA) is 29.5 Å². The first kappa shape index (κ1) is 11.2. The van der Waals surface area contributed by atoms with Crippen LogP contribution >= 0.6 is 11.6 Å². The summed E-state index contributed by atoms with van der Waals surface area (Å²) in [5, 5.41) is 0.0823. The first-order valence-electron chi connectivity index (χ1n) is 4.93. The molecule has 1 atom stereocenters. The Labute approximate surface area is 97.8 Å². The molecule has 86 valence electrons. The molecule has 0 aliphatic carbocycles. The van der Waals surface area contributed by atoms with Crippen LogP contribution in [0.25, 0.3) is 0 Å². The molecular formula is C11H11ClFNO2. The van der Waals surface area contributed by atoms with Gasteiger partial charge >= 0.3 is 5.97 Å². The fraction of sp³-hybridized carbons (Fsp3) is 0.364. The SMILES string of the molecule is COC(=O)C1CCN1c1ccc(Cl)c(F)c1. The number of nitrogens with zero attached hydrogens (tertiary/aromatic N) is 1. The Balaban J connectivity index is 2.19. The molecule has 1 heterocycles. The molecular weight excluding hydrogens is 233 g/mol. The van der Waals surface area contributed by atoms with E-state index in [1.165, 1.54) is 19.2 Å². The molecule has 0 spiro atoms. The lowest BCUT2D eigenvalue weighted by molar-refractivity contribution is -0.143. The highest BCUT2D eigenvalue weighted by Gasteiger charge is 2.35. The maximum Gasteiger partial charge on any atom is 0.328 e. The van der Waals surface area contributed by atoms with E-state index in [2.05, 4.69) is 4.74 Å². The van der Waals surface area contributed by atoms with E-state index in [0.717, 1.165) is 13.0 Å².